The van der Waals surface area contributed by atoms with Gasteiger partial charge in [-0.1, -0.05) is 12.5 Å². The predicted molar refractivity (Wildman–Crippen MR) is 73.0 cm³/mol. The minimum atomic E-state index is -0.133. The molecular formula is C14H20FNS. The summed E-state index contributed by atoms with van der Waals surface area (Å²) in [6.07, 6.45) is 3.84. The minimum absolute atomic E-state index is 0.133. The van der Waals surface area contributed by atoms with Crippen LogP contribution in [0.15, 0.2) is 18.2 Å². The van der Waals surface area contributed by atoms with Crippen molar-refractivity contribution >= 4 is 11.8 Å². The van der Waals surface area contributed by atoms with Crippen molar-refractivity contribution in [2.45, 2.75) is 37.5 Å². The summed E-state index contributed by atoms with van der Waals surface area (Å²) in [4.78, 5) is 0. The SMILES string of the molecule is CNC(c1cc(F)ccc1C)C1CCCCS1. The van der Waals surface area contributed by atoms with Gasteiger partial charge in [-0.3, -0.25) is 0 Å². The highest BCUT2D eigenvalue weighted by Crippen LogP contribution is 2.35. The lowest BCUT2D eigenvalue weighted by Gasteiger charge is -2.30. The van der Waals surface area contributed by atoms with Gasteiger partial charge in [-0.05, 0) is 55.8 Å². The molecule has 1 aliphatic heterocycles. The molecule has 1 fully saturated rings. The van der Waals surface area contributed by atoms with Crippen LogP contribution in [0.2, 0.25) is 0 Å². The fraction of sp³-hybridized carbons (Fsp3) is 0.571. The molecule has 1 heterocycles. The van der Waals surface area contributed by atoms with Crippen molar-refractivity contribution in [1.29, 1.82) is 0 Å². The molecule has 0 amide bonds. The molecule has 2 atom stereocenters. The van der Waals surface area contributed by atoms with Crippen LogP contribution in [0, 0.1) is 12.7 Å². The zero-order chi connectivity index (χ0) is 12.3. The molecule has 1 aromatic rings. The Morgan fingerprint density at radius 3 is 2.88 bits per heavy atom. The Bertz CT molecular complexity index is 374. The van der Waals surface area contributed by atoms with Gasteiger partial charge in [0.15, 0.2) is 0 Å². The average molecular weight is 253 g/mol. The number of halogens is 1. The molecular weight excluding hydrogens is 233 g/mol. The van der Waals surface area contributed by atoms with Crippen LogP contribution in [0.5, 0.6) is 0 Å². The Labute approximate surface area is 107 Å². The van der Waals surface area contributed by atoms with Gasteiger partial charge in [0, 0.05) is 11.3 Å². The van der Waals surface area contributed by atoms with Crippen molar-refractivity contribution in [1.82, 2.24) is 5.32 Å². The van der Waals surface area contributed by atoms with E-state index in [9.17, 15) is 4.39 Å². The van der Waals surface area contributed by atoms with Crippen molar-refractivity contribution in [3.63, 3.8) is 0 Å². The molecule has 1 aromatic carbocycles. The van der Waals surface area contributed by atoms with E-state index in [-0.39, 0.29) is 11.9 Å². The second-order valence-corrected chi connectivity index (χ2v) is 6.02. The Morgan fingerprint density at radius 2 is 2.24 bits per heavy atom. The molecule has 1 aliphatic rings. The zero-order valence-electron chi connectivity index (χ0n) is 10.5. The summed E-state index contributed by atoms with van der Waals surface area (Å²) in [5.74, 6) is 1.10. The third-order valence-electron chi connectivity index (χ3n) is 3.47. The second-order valence-electron chi connectivity index (χ2n) is 4.67. The summed E-state index contributed by atoms with van der Waals surface area (Å²) in [5.41, 5.74) is 2.30. The van der Waals surface area contributed by atoms with Crippen molar-refractivity contribution in [2.75, 3.05) is 12.8 Å². The molecule has 1 N–H and O–H groups in total. The molecule has 3 heteroatoms. The maximum atomic E-state index is 13.4. The summed E-state index contributed by atoms with van der Waals surface area (Å²) >= 11 is 2.02. The topological polar surface area (TPSA) is 12.0 Å². The zero-order valence-corrected chi connectivity index (χ0v) is 11.3. The largest absolute Gasteiger partial charge is 0.312 e. The summed E-state index contributed by atoms with van der Waals surface area (Å²) in [7, 11) is 1.98. The lowest BCUT2D eigenvalue weighted by molar-refractivity contribution is 0.510. The van der Waals surface area contributed by atoms with Crippen molar-refractivity contribution in [3.05, 3.63) is 35.1 Å². The van der Waals surface area contributed by atoms with Gasteiger partial charge in [0.05, 0.1) is 0 Å². The first kappa shape index (κ1) is 12.9. The monoisotopic (exact) mass is 253 g/mol. The minimum Gasteiger partial charge on any atom is -0.312 e. The van der Waals surface area contributed by atoms with Crippen LogP contribution in [0.25, 0.3) is 0 Å². The summed E-state index contributed by atoms with van der Waals surface area (Å²) < 4.78 is 13.4. The molecule has 0 spiro atoms. The van der Waals surface area contributed by atoms with Crippen molar-refractivity contribution < 1.29 is 4.39 Å². The van der Waals surface area contributed by atoms with E-state index >= 15 is 0 Å². The highest BCUT2D eigenvalue weighted by molar-refractivity contribution is 8.00. The fourth-order valence-corrected chi connectivity index (χ4v) is 4.00. The van der Waals surface area contributed by atoms with E-state index in [0.717, 1.165) is 5.56 Å². The van der Waals surface area contributed by atoms with Crippen LogP contribution in [-0.2, 0) is 0 Å². The number of rotatable bonds is 3. The summed E-state index contributed by atoms with van der Waals surface area (Å²) in [5, 5.41) is 3.95. The van der Waals surface area contributed by atoms with Gasteiger partial charge in [0.1, 0.15) is 5.82 Å². The molecule has 0 aliphatic carbocycles. The highest BCUT2D eigenvalue weighted by atomic mass is 32.2. The van der Waals surface area contributed by atoms with Gasteiger partial charge < -0.3 is 5.32 Å². The van der Waals surface area contributed by atoms with Gasteiger partial charge in [0.2, 0.25) is 0 Å². The van der Waals surface area contributed by atoms with E-state index in [1.165, 1.54) is 30.6 Å². The Morgan fingerprint density at radius 1 is 1.41 bits per heavy atom. The molecule has 1 nitrogen and oxygen atoms in total. The summed E-state index contributed by atoms with van der Waals surface area (Å²) in [6, 6.07) is 5.38. The molecule has 0 aromatic heterocycles. The normalized spacial score (nSPS) is 22.4. The summed E-state index contributed by atoms with van der Waals surface area (Å²) in [6.45, 7) is 2.06. The lowest BCUT2D eigenvalue weighted by atomic mass is 9.96. The quantitative estimate of drug-likeness (QED) is 0.882. The van der Waals surface area contributed by atoms with Gasteiger partial charge >= 0.3 is 0 Å². The molecule has 2 unspecified atom stereocenters. The first-order valence-corrected chi connectivity index (χ1v) is 7.32. The van der Waals surface area contributed by atoms with Gasteiger partial charge in [-0.2, -0.15) is 11.8 Å². The van der Waals surface area contributed by atoms with Crippen LogP contribution in [0.4, 0.5) is 4.39 Å². The van der Waals surface area contributed by atoms with E-state index < -0.39 is 0 Å². The number of benzene rings is 1. The number of thioether (sulfide) groups is 1. The number of hydrogen-bond donors (Lipinski definition) is 1. The van der Waals surface area contributed by atoms with Crippen LogP contribution in [0.3, 0.4) is 0 Å². The molecule has 2 rings (SSSR count). The Hall–Kier alpha value is -0.540. The number of aryl methyl sites for hydroxylation is 1. The maximum Gasteiger partial charge on any atom is 0.123 e. The van der Waals surface area contributed by atoms with E-state index in [1.54, 1.807) is 12.1 Å². The van der Waals surface area contributed by atoms with E-state index in [1.807, 2.05) is 24.9 Å². The van der Waals surface area contributed by atoms with Crippen LogP contribution in [0.1, 0.15) is 36.4 Å². The smallest absolute Gasteiger partial charge is 0.123 e. The molecule has 0 radical (unpaired) electrons. The third kappa shape index (κ3) is 3.02. The Kier molecular flexibility index (Phi) is 4.46. The molecule has 0 saturated carbocycles. The van der Waals surface area contributed by atoms with Gasteiger partial charge in [0.25, 0.3) is 0 Å². The number of hydrogen-bond acceptors (Lipinski definition) is 2. The fourth-order valence-electron chi connectivity index (χ4n) is 2.52. The second kappa shape index (κ2) is 5.87. The van der Waals surface area contributed by atoms with E-state index in [0.29, 0.717) is 5.25 Å². The Balaban J connectivity index is 2.24. The van der Waals surface area contributed by atoms with Crippen LogP contribution >= 0.6 is 11.8 Å². The van der Waals surface area contributed by atoms with Crippen LogP contribution in [-0.4, -0.2) is 18.1 Å². The molecule has 1 saturated heterocycles. The van der Waals surface area contributed by atoms with Gasteiger partial charge in [-0.15, -0.1) is 0 Å². The van der Waals surface area contributed by atoms with Crippen LogP contribution < -0.4 is 5.32 Å². The van der Waals surface area contributed by atoms with Gasteiger partial charge in [-0.25, -0.2) is 4.39 Å². The van der Waals surface area contributed by atoms with E-state index in [4.69, 9.17) is 0 Å². The van der Waals surface area contributed by atoms with Crippen molar-refractivity contribution in [2.24, 2.45) is 0 Å². The first-order chi connectivity index (χ1) is 8.22. The lowest BCUT2D eigenvalue weighted by Crippen LogP contribution is -2.30. The maximum absolute atomic E-state index is 13.4. The molecule has 0 bridgehead atoms. The predicted octanol–water partition coefficient (Wildman–Crippen LogP) is 3.68. The third-order valence-corrected chi connectivity index (χ3v) is 4.93. The molecule has 17 heavy (non-hydrogen) atoms. The van der Waals surface area contributed by atoms with Crippen molar-refractivity contribution in [3.8, 4) is 0 Å². The first-order valence-electron chi connectivity index (χ1n) is 6.27. The highest BCUT2D eigenvalue weighted by Gasteiger charge is 2.25. The standard InChI is InChI=1S/C14H20FNS/c1-10-6-7-11(15)9-12(10)14(16-2)13-5-3-4-8-17-13/h6-7,9,13-14,16H,3-5,8H2,1-2H3. The molecule has 94 valence electrons. The number of nitrogens with one attached hydrogen (secondary N) is 1. The van der Waals surface area contributed by atoms with E-state index in [2.05, 4.69) is 12.2 Å². The average Bonchev–Trinajstić information content (AvgIpc) is 2.36.